The molecule has 1 amide bonds. The van der Waals surface area contributed by atoms with Crippen molar-refractivity contribution in [3.63, 3.8) is 0 Å². The molecule has 118 valence electrons. The normalized spacial score (nSPS) is 10.7. The second-order valence-corrected chi connectivity index (χ2v) is 6.01. The number of carbonyl (C=O) groups is 1. The summed E-state index contributed by atoms with van der Waals surface area (Å²) in [6.45, 7) is 4.04. The van der Waals surface area contributed by atoms with Crippen molar-refractivity contribution in [2.75, 3.05) is 5.32 Å². The highest BCUT2D eigenvalue weighted by atomic mass is 32.1. The van der Waals surface area contributed by atoms with Crippen molar-refractivity contribution in [2.24, 2.45) is 0 Å². The van der Waals surface area contributed by atoms with Crippen molar-refractivity contribution in [1.82, 2.24) is 14.5 Å². The standard InChI is InChI=1S/C16H16N4O2S/c1-10-5-6-11(2)20(10)16-18-12(9-23-16)8-14(22)19-15-13(21)4-3-7-17-15/h3-7,9,21H,8H2,1-2H3,(H,17,19,22). The van der Waals surface area contributed by atoms with Crippen molar-refractivity contribution in [2.45, 2.75) is 20.3 Å². The molecule has 3 aromatic heterocycles. The van der Waals surface area contributed by atoms with Gasteiger partial charge >= 0.3 is 0 Å². The predicted octanol–water partition coefficient (Wildman–Crippen LogP) is 2.83. The Kier molecular flexibility index (Phi) is 4.12. The van der Waals surface area contributed by atoms with Gasteiger partial charge in [0, 0.05) is 23.0 Å². The number of pyridine rings is 1. The van der Waals surface area contributed by atoms with Crippen LogP contribution < -0.4 is 5.32 Å². The lowest BCUT2D eigenvalue weighted by atomic mass is 10.3. The second-order valence-electron chi connectivity index (χ2n) is 5.17. The van der Waals surface area contributed by atoms with Crippen molar-refractivity contribution >= 4 is 23.1 Å². The largest absolute Gasteiger partial charge is 0.504 e. The molecule has 3 heterocycles. The molecule has 7 heteroatoms. The van der Waals surface area contributed by atoms with Crippen molar-refractivity contribution in [1.29, 1.82) is 0 Å². The number of aromatic nitrogens is 3. The molecular formula is C16H16N4O2S. The van der Waals surface area contributed by atoms with Gasteiger partial charge in [-0.05, 0) is 38.1 Å². The fourth-order valence-electron chi connectivity index (χ4n) is 2.28. The lowest BCUT2D eigenvalue weighted by Crippen LogP contribution is -2.15. The Balaban J connectivity index is 1.72. The summed E-state index contributed by atoms with van der Waals surface area (Å²) >= 11 is 1.49. The number of carbonyl (C=O) groups excluding carboxylic acids is 1. The Labute approximate surface area is 137 Å². The van der Waals surface area contributed by atoms with Crippen LogP contribution in [0.25, 0.3) is 5.13 Å². The van der Waals surface area contributed by atoms with Crippen molar-refractivity contribution in [3.05, 3.63) is 52.9 Å². The minimum atomic E-state index is -0.267. The zero-order chi connectivity index (χ0) is 16.4. The van der Waals surface area contributed by atoms with Gasteiger partial charge in [0.1, 0.15) is 0 Å². The van der Waals surface area contributed by atoms with Crippen LogP contribution in [0.3, 0.4) is 0 Å². The third kappa shape index (κ3) is 3.24. The van der Waals surface area contributed by atoms with Crippen LogP contribution in [0.15, 0.2) is 35.8 Å². The van der Waals surface area contributed by atoms with E-state index < -0.39 is 0 Å². The molecule has 0 spiro atoms. The van der Waals surface area contributed by atoms with E-state index in [2.05, 4.69) is 19.9 Å². The fraction of sp³-hybridized carbons (Fsp3) is 0.188. The molecule has 0 fully saturated rings. The van der Waals surface area contributed by atoms with E-state index in [1.54, 1.807) is 6.07 Å². The number of thiazole rings is 1. The molecule has 2 N–H and O–H groups in total. The van der Waals surface area contributed by atoms with E-state index in [9.17, 15) is 9.90 Å². The molecule has 23 heavy (non-hydrogen) atoms. The molecule has 6 nitrogen and oxygen atoms in total. The van der Waals surface area contributed by atoms with Gasteiger partial charge in [-0.3, -0.25) is 9.36 Å². The van der Waals surface area contributed by atoms with Gasteiger partial charge in [-0.2, -0.15) is 0 Å². The van der Waals surface area contributed by atoms with Crippen LogP contribution in [-0.2, 0) is 11.2 Å². The Morgan fingerprint density at radius 1 is 1.30 bits per heavy atom. The number of hydrogen-bond acceptors (Lipinski definition) is 5. The summed E-state index contributed by atoms with van der Waals surface area (Å²) in [4.78, 5) is 20.5. The zero-order valence-corrected chi connectivity index (χ0v) is 13.6. The Morgan fingerprint density at radius 2 is 2.04 bits per heavy atom. The number of aryl methyl sites for hydroxylation is 2. The molecule has 0 unspecified atom stereocenters. The van der Waals surface area contributed by atoms with Crippen molar-refractivity contribution < 1.29 is 9.90 Å². The minimum absolute atomic E-state index is 0.0570. The van der Waals surface area contributed by atoms with Gasteiger partial charge in [0.2, 0.25) is 5.91 Å². The van der Waals surface area contributed by atoms with Gasteiger partial charge in [0.05, 0.1) is 12.1 Å². The highest BCUT2D eigenvalue weighted by molar-refractivity contribution is 7.12. The average Bonchev–Trinajstić information content (AvgIpc) is 3.08. The van der Waals surface area contributed by atoms with Crippen LogP contribution in [0.4, 0.5) is 5.82 Å². The number of hydrogen-bond donors (Lipinski definition) is 2. The zero-order valence-electron chi connectivity index (χ0n) is 12.8. The first-order chi connectivity index (χ1) is 11.0. The topological polar surface area (TPSA) is 80.0 Å². The summed E-state index contributed by atoms with van der Waals surface area (Å²) in [5.74, 6) is -0.166. The maximum atomic E-state index is 12.1. The summed E-state index contributed by atoms with van der Waals surface area (Å²) < 4.78 is 2.05. The lowest BCUT2D eigenvalue weighted by Gasteiger charge is -2.05. The van der Waals surface area contributed by atoms with Crippen LogP contribution in [0.5, 0.6) is 5.75 Å². The first-order valence-corrected chi connectivity index (χ1v) is 7.96. The highest BCUT2D eigenvalue weighted by Crippen LogP contribution is 2.21. The van der Waals surface area contributed by atoms with E-state index >= 15 is 0 Å². The maximum absolute atomic E-state index is 12.1. The third-order valence-corrected chi connectivity index (χ3v) is 4.26. The number of aromatic hydroxyl groups is 1. The Hall–Kier alpha value is -2.67. The fourth-order valence-corrected chi connectivity index (χ4v) is 3.23. The maximum Gasteiger partial charge on any atom is 0.231 e. The van der Waals surface area contributed by atoms with Gasteiger partial charge in [0.25, 0.3) is 0 Å². The lowest BCUT2D eigenvalue weighted by molar-refractivity contribution is -0.115. The smallest absolute Gasteiger partial charge is 0.231 e. The molecule has 3 aromatic rings. The molecule has 0 aliphatic heterocycles. The van der Waals surface area contributed by atoms with E-state index in [1.165, 1.54) is 23.6 Å². The van der Waals surface area contributed by atoms with Gasteiger partial charge in [0.15, 0.2) is 16.7 Å². The van der Waals surface area contributed by atoms with E-state index in [0.717, 1.165) is 16.5 Å². The molecule has 3 rings (SSSR count). The second kappa shape index (κ2) is 6.21. The van der Waals surface area contributed by atoms with Gasteiger partial charge in [-0.1, -0.05) is 0 Å². The summed E-state index contributed by atoms with van der Waals surface area (Å²) in [6, 6.07) is 7.14. The highest BCUT2D eigenvalue weighted by Gasteiger charge is 2.13. The van der Waals surface area contributed by atoms with Crippen LogP contribution >= 0.6 is 11.3 Å². The first-order valence-electron chi connectivity index (χ1n) is 7.08. The van der Waals surface area contributed by atoms with E-state index in [1.807, 2.05) is 31.4 Å². The van der Waals surface area contributed by atoms with Crippen molar-refractivity contribution in [3.8, 4) is 10.9 Å². The van der Waals surface area contributed by atoms with Crippen LogP contribution in [0.1, 0.15) is 17.1 Å². The quantitative estimate of drug-likeness (QED) is 0.772. The Morgan fingerprint density at radius 3 is 2.74 bits per heavy atom. The van der Waals surface area contributed by atoms with Crippen LogP contribution in [0.2, 0.25) is 0 Å². The molecule has 0 bridgehead atoms. The molecular weight excluding hydrogens is 312 g/mol. The van der Waals surface area contributed by atoms with E-state index in [-0.39, 0.29) is 23.9 Å². The molecule has 0 aliphatic carbocycles. The minimum Gasteiger partial charge on any atom is -0.504 e. The number of amides is 1. The summed E-state index contributed by atoms with van der Waals surface area (Å²) in [5.41, 5.74) is 2.89. The first kappa shape index (κ1) is 15.2. The number of anilines is 1. The van der Waals surface area contributed by atoms with Gasteiger partial charge in [-0.25, -0.2) is 9.97 Å². The predicted molar refractivity (Wildman–Crippen MR) is 89.2 cm³/mol. The number of rotatable bonds is 4. The van der Waals surface area contributed by atoms with Crippen LogP contribution in [0, 0.1) is 13.8 Å². The molecule has 0 atom stereocenters. The summed E-state index contributed by atoms with van der Waals surface area (Å²) in [5, 5.41) is 14.9. The average molecular weight is 328 g/mol. The Bertz CT molecular complexity index is 834. The SMILES string of the molecule is Cc1ccc(C)n1-c1nc(CC(=O)Nc2ncccc2O)cs1. The molecule has 0 aromatic carbocycles. The molecule has 0 aliphatic rings. The number of nitrogens with zero attached hydrogens (tertiary/aromatic N) is 3. The molecule has 0 saturated carbocycles. The van der Waals surface area contributed by atoms with E-state index in [0.29, 0.717) is 5.69 Å². The van der Waals surface area contributed by atoms with Gasteiger partial charge in [-0.15, -0.1) is 11.3 Å². The monoisotopic (exact) mass is 328 g/mol. The van der Waals surface area contributed by atoms with E-state index in [4.69, 9.17) is 0 Å². The van der Waals surface area contributed by atoms with Gasteiger partial charge < -0.3 is 10.4 Å². The number of nitrogens with one attached hydrogen (secondary N) is 1. The molecule has 0 radical (unpaired) electrons. The summed E-state index contributed by atoms with van der Waals surface area (Å²) in [6.07, 6.45) is 1.64. The summed E-state index contributed by atoms with van der Waals surface area (Å²) in [7, 11) is 0. The molecule has 0 saturated heterocycles. The third-order valence-electron chi connectivity index (χ3n) is 3.39. The van der Waals surface area contributed by atoms with Crippen LogP contribution in [-0.4, -0.2) is 25.5 Å².